The van der Waals surface area contributed by atoms with Crippen molar-refractivity contribution in [3.05, 3.63) is 28.8 Å². The lowest BCUT2D eigenvalue weighted by Gasteiger charge is -2.35. The zero-order chi connectivity index (χ0) is 13.0. The van der Waals surface area contributed by atoms with Crippen molar-refractivity contribution < 1.29 is 4.74 Å². The summed E-state index contributed by atoms with van der Waals surface area (Å²) in [6, 6.07) is 6.11. The minimum absolute atomic E-state index is 0.418. The second-order valence-electron chi connectivity index (χ2n) is 4.52. The number of hydrogen-bond donors (Lipinski definition) is 0. The van der Waals surface area contributed by atoms with Gasteiger partial charge in [0.2, 0.25) is 0 Å². The third-order valence-electron chi connectivity index (χ3n) is 3.37. The van der Waals surface area contributed by atoms with Crippen molar-refractivity contribution >= 4 is 33.2 Å². The summed E-state index contributed by atoms with van der Waals surface area (Å²) in [4.78, 5) is 2.38. The van der Waals surface area contributed by atoms with Crippen molar-refractivity contribution in [2.45, 2.75) is 31.2 Å². The molecule has 1 aromatic carbocycles. The van der Waals surface area contributed by atoms with E-state index in [0.29, 0.717) is 6.10 Å². The highest BCUT2D eigenvalue weighted by Crippen LogP contribution is 2.33. The molecule has 1 saturated heterocycles. The van der Waals surface area contributed by atoms with E-state index in [-0.39, 0.29) is 0 Å². The molecule has 0 radical (unpaired) electrons. The third-order valence-corrected chi connectivity index (χ3v) is 4.28. The minimum atomic E-state index is 0.418. The van der Waals surface area contributed by atoms with Crippen LogP contribution in [0, 0.1) is 0 Å². The van der Waals surface area contributed by atoms with Gasteiger partial charge in [-0.15, -0.1) is 0 Å². The normalized spacial score (nSPS) is 17.2. The van der Waals surface area contributed by atoms with Crippen LogP contribution in [-0.4, -0.2) is 25.8 Å². The molecule has 0 aromatic heterocycles. The second kappa shape index (κ2) is 6.78. The van der Waals surface area contributed by atoms with Crippen LogP contribution in [0.15, 0.2) is 18.2 Å². The first-order chi connectivity index (χ1) is 8.76. The van der Waals surface area contributed by atoms with Crippen molar-refractivity contribution in [1.82, 2.24) is 0 Å². The van der Waals surface area contributed by atoms with E-state index in [1.54, 1.807) is 0 Å². The van der Waals surface area contributed by atoms with Crippen molar-refractivity contribution in [2.75, 3.05) is 24.6 Å². The van der Waals surface area contributed by atoms with E-state index in [4.69, 9.17) is 16.3 Å². The van der Waals surface area contributed by atoms with E-state index in [1.165, 1.54) is 11.3 Å². The molecule has 0 saturated carbocycles. The Hall–Kier alpha value is -0.250. The first kappa shape index (κ1) is 14.2. The van der Waals surface area contributed by atoms with Gasteiger partial charge in [-0.1, -0.05) is 39.7 Å². The number of anilines is 1. The molecule has 2 nitrogen and oxygen atoms in total. The Morgan fingerprint density at radius 2 is 2.11 bits per heavy atom. The molecule has 100 valence electrons. The van der Waals surface area contributed by atoms with E-state index in [9.17, 15) is 0 Å². The summed E-state index contributed by atoms with van der Waals surface area (Å²) < 4.78 is 5.68. The molecule has 0 atom stereocenters. The van der Waals surface area contributed by atoms with Crippen LogP contribution in [0.25, 0.3) is 0 Å². The van der Waals surface area contributed by atoms with Crippen LogP contribution in [-0.2, 0) is 10.1 Å². The highest BCUT2D eigenvalue weighted by Gasteiger charge is 2.22. The van der Waals surface area contributed by atoms with Crippen molar-refractivity contribution in [2.24, 2.45) is 0 Å². The molecule has 0 spiro atoms. The Labute approximate surface area is 122 Å². The topological polar surface area (TPSA) is 12.5 Å². The van der Waals surface area contributed by atoms with Gasteiger partial charge in [0.25, 0.3) is 0 Å². The molecule has 1 aromatic rings. The fourth-order valence-corrected chi connectivity index (χ4v) is 3.27. The van der Waals surface area contributed by atoms with Gasteiger partial charge in [0, 0.05) is 25.0 Å². The average molecular weight is 333 g/mol. The molecule has 0 N–H and O–H groups in total. The summed E-state index contributed by atoms with van der Waals surface area (Å²) in [5.74, 6) is 0. The fraction of sp³-hybridized carbons (Fsp3) is 0.571. The van der Waals surface area contributed by atoms with Crippen LogP contribution in [0.5, 0.6) is 0 Å². The molecule has 1 aliphatic rings. The van der Waals surface area contributed by atoms with Crippen LogP contribution in [0.2, 0.25) is 5.02 Å². The number of hydrogen-bond acceptors (Lipinski definition) is 2. The van der Waals surface area contributed by atoms with Gasteiger partial charge in [-0.05, 0) is 31.4 Å². The lowest BCUT2D eigenvalue weighted by molar-refractivity contribution is 0.0459. The van der Waals surface area contributed by atoms with Gasteiger partial charge in [-0.3, -0.25) is 0 Å². The maximum atomic E-state index is 6.35. The number of para-hydroxylation sites is 1. The van der Waals surface area contributed by atoms with Crippen molar-refractivity contribution in [3.8, 4) is 0 Å². The van der Waals surface area contributed by atoms with Crippen molar-refractivity contribution in [1.29, 1.82) is 0 Å². The monoisotopic (exact) mass is 331 g/mol. The van der Waals surface area contributed by atoms with E-state index < -0.39 is 0 Å². The Morgan fingerprint density at radius 1 is 1.39 bits per heavy atom. The quantitative estimate of drug-likeness (QED) is 0.765. The zero-order valence-electron chi connectivity index (χ0n) is 10.7. The smallest absolute Gasteiger partial charge is 0.0642 e. The van der Waals surface area contributed by atoms with E-state index in [2.05, 4.69) is 33.8 Å². The number of nitrogens with zero attached hydrogens (tertiary/aromatic N) is 1. The summed E-state index contributed by atoms with van der Waals surface area (Å²) in [7, 11) is 0. The SMILES string of the molecule is CCOC1CCN(c2c(Cl)cccc2CBr)CC1. The molecule has 1 fully saturated rings. The number of halogens is 2. The van der Waals surface area contributed by atoms with Crippen LogP contribution < -0.4 is 4.90 Å². The Bertz CT molecular complexity index is 391. The van der Waals surface area contributed by atoms with Gasteiger partial charge in [0.15, 0.2) is 0 Å². The van der Waals surface area contributed by atoms with Crippen LogP contribution in [0.1, 0.15) is 25.3 Å². The predicted octanol–water partition coefficient (Wildman–Crippen LogP) is 4.24. The van der Waals surface area contributed by atoms with E-state index >= 15 is 0 Å². The average Bonchev–Trinajstić information content (AvgIpc) is 2.40. The molecular weight excluding hydrogens is 314 g/mol. The Balaban J connectivity index is 2.09. The molecule has 0 unspecified atom stereocenters. The summed E-state index contributed by atoms with van der Waals surface area (Å²) in [6.07, 6.45) is 2.59. The predicted molar refractivity (Wildman–Crippen MR) is 80.9 cm³/mol. The molecule has 1 heterocycles. The summed E-state index contributed by atoms with van der Waals surface area (Å²) >= 11 is 9.88. The van der Waals surface area contributed by atoms with Gasteiger partial charge < -0.3 is 9.64 Å². The summed E-state index contributed by atoms with van der Waals surface area (Å²) in [6.45, 7) is 4.91. The third kappa shape index (κ3) is 3.19. The Morgan fingerprint density at radius 3 is 2.72 bits per heavy atom. The standard InChI is InChI=1S/C14H19BrClNO/c1-2-18-12-6-8-17(9-7-12)14-11(10-15)4-3-5-13(14)16/h3-5,12H,2,6-10H2,1H3. The van der Waals surface area contributed by atoms with Crippen LogP contribution in [0.3, 0.4) is 0 Å². The lowest BCUT2D eigenvalue weighted by Crippen LogP contribution is -2.37. The fourth-order valence-electron chi connectivity index (χ4n) is 2.50. The summed E-state index contributed by atoms with van der Waals surface area (Å²) in [5, 5.41) is 1.69. The molecular formula is C14H19BrClNO. The van der Waals surface area contributed by atoms with Crippen LogP contribution >= 0.6 is 27.5 Å². The first-order valence-electron chi connectivity index (χ1n) is 6.46. The largest absolute Gasteiger partial charge is 0.378 e. The Kier molecular flexibility index (Phi) is 5.34. The highest BCUT2D eigenvalue weighted by molar-refractivity contribution is 9.08. The molecule has 2 rings (SSSR count). The maximum Gasteiger partial charge on any atom is 0.0642 e. The van der Waals surface area contributed by atoms with E-state index in [1.807, 2.05) is 12.1 Å². The summed E-state index contributed by atoms with van der Waals surface area (Å²) in [5.41, 5.74) is 2.45. The molecule has 18 heavy (non-hydrogen) atoms. The minimum Gasteiger partial charge on any atom is -0.378 e. The zero-order valence-corrected chi connectivity index (χ0v) is 13.0. The first-order valence-corrected chi connectivity index (χ1v) is 7.96. The lowest BCUT2D eigenvalue weighted by atomic mass is 10.1. The van der Waals surface area contributed by atoms with Gasteiger partial charge in [-0.25, -0.2) is 0 Å². The second-order valence-corrected chi connectivity index (χ2v) is 5.49. The number of ether oxygens (including phenoxy) is 1. The molecule has 4 heteroatoms. The van der Waals surface area contributed by atoms with Gasteiger partial charge in [-0.2, -0.15) is 0 Å². The van der Waals surface area contributed by atoms with E-state index in [0.717, 1.165) is 42.9 Å². The number of benzene rings is 1. The van der Waals surface area contributed by atoms with Crippen LogP contribution in [0.4, 0.5) is 5.69 Å². The molecule has 0 bridgehead atoms. The number of rotatable bonds is 4. The highest BCUT2D eigenvalue weighted by atomic mass is 79.9. The van der Waals surface area contributed by atoms with Gasteiger partial charge in [0.1, 0.15) is 0 Å². The molecule has 1 aliphatic heterocycles. The van der Waals surface area contributed by atoms with Crippen molar-refractivity contribution in [3.63, 3.8) is 0 Å². The number of piperidine rings is 1. The maximum absolute atomic E-state index is 6.35. The van der Waals surface area contributed by atoms with Gasteiger partial charge in [0.05, 0.1) is 16.8 Å². The van der Waals surface area contributed by atoms with Gasteiger partial charge >= 0.3 is 0 Å². The molecule has 0 amide bonds. The molecule has 0 aliphatic carbocycles. The number of alkyl halides is 1.